The molecule has 8 heteroatoms. The normalized spacial score (nSPS) is 11.6. The van der Waals surface area contributed by atoms with Crippen molar-refractivity contribution in [1.82, 2.24) is 10.3 Å². The van der Waals surface area contributed by atoms with Crippen LogP contribution in [0.15, 0.2) is 42.7 Å². The van der Waals surface area contributed by atoms with Gasteiger partial charge >= 0.3 is 0 Å². The van der Waals surface area contributed by atoms with Gasteiger partial charge in [-0.25, -0.2) is 0 Å². The van der Waals surface area contributed by atoms with Gasteiger partial charge in [-0.15, -0.1) is 0 Å². The number of carbonyl (C=O) groups is 2. The number of hydrogen-bond acceptors (Lipinski definition) is 6. The topological polar surface area (TPSA) is 116 Å². The predicted molar refractivity (Wildman–Crippen MR) is 106 cm³/mol. The standard InChI is InChI=1S/C20H26N4O4/c1-13(2)19(21)20(26)23-11-18(25)24-15-6-7-16(27-3)17(9-15)28-12-14-5-4-8-22-10-14/h4-10,13,19H,11-12,21H2,1-3H3,(H,23,26)(H,24,25)/t19-/m0/s1. The van der Waals surface area contributed by atoms with Gasteiger partial charge in [-0.2, -0.15) is 0 Å². The Kier molecular flexibility index (Phi) is 7.76. The van der Waals surface area contributed by atoms with Gasteiger partial charge in [-0.1, -0.05) is 19.9 Å². The minimum atomic E-state index is -0.652. The molecule has 0 fully saturated rings. The maximum atomic E-state index is 12.1. The van der Waals surface area contributed by atoms with Gasteiger partial charge < -0.3 is 25.8 Å². The van der Waals surface area contributed by atoms with E-state index in [0.29, 0.717) is 23.8 Å². The fourth-order valence-electron chi connectivity index (χ4n) is 2.31. The van der Waals surface area contributed by atoms with Gasteiger partial charge in [0.05, 0.1) is 19.7 Å². The van der Waals surface area contributed by atoms with E-state index in [9.17, 15) is 9.59 Å². The average molecular weight is 386 g/mol. The fraction of sp³-hybridized carbons (Fsp3) is 0.350. The van der Waals surface area contributed by atoms with Crippen molar-refractivity contribution in [3.05, 3.63) is 48.3 Å². The largest absolute Gasteiger partial charge is 0.493 e. The number of amides is 2. The zero-order valence-electron chi connectivity index (χ0n) is 16.3. The Bertz CT molecular complexity index is 796. The lowest BCUT2D eigenvalue weighted by Crippen LogP contribution is -2.46. The lowest BCUT2D eigenvalue weighted by molar-refractivity contribution is -0.125. The molecular weight excluding hydrogens is 360 g/mol. The zero-order valence-corrected chi connectivity index (χ0v) is 16.3. The van der Waals surface area contributed by atoms with Gasteiger partial charge in [-0.05, 0) is 24.1 Å². The summed E-state index contributed by atoms with van der Waals surface area (Å²) in [6, 6.07) is 8.12. The second-order valence-electron chi connectivity index (χ2n) is 6.55. The number of methoxy groups -OCH3 is 1. The van der Waals surface area contributed by atoms with Crippen molar-refractivity contribution >= 4 is 17.5 Å². The number of anilines is 1. The summed E-state index contributed by atoms with van der Waals surface area (Å²) in [5.74, 6) is 0.283. The Morgan fingerprint density at radius 2 is 2.00 bits per heavy atom. The van der Waals surface area contributed by atoms with Crippen molar-refractivity contribution in [3.63, 3.8) is 0 Å². The lowest BCUT2D eigenvalue weighted by Gasteiger charge is -2.15. The van der Waals surface area contributed by atoms with E-state index >= 15 is 0 Å². The monoisotopic (exact) mass is 386 g/mol. The first-order chi connectivity index (χ1) is 13.4. The molecule has 150 valence electrons. The molecule has 0 bridgehead atoms. The van der Waals surface area contributed by atoms with E-state index in [-0.39, 0.29) is 24.3 Å². The Morgan fingerprint density at radius 3 is 2.64 bits per heavy atom. The van der Waals surface area contributed by atoms with E-state index in [1.165, 1.54) is 7.11 Å². The van der Waals surface area contributed by atoms with Crippen molar-refractivity contribution in [2.75, 3.05) is 19.0 Å². The Hall–Kier alpha value is -3.13. The minimum Gasteiger partial charge on any atom is -0.493 e. The molecule has 0 aliphatic rings. The van der Waals surface area contributed by atoms with Crippen LogP contribution in [0.3, 0.4) is 0 Å². The van der Waals surface area contributed by atoms with Gasteiger partial charge in [0.2, 0.25) is 11.8 Å². The summed E-state index contributed by atoms with van der Waals surface area (Å²) in [4.78, 5) is 28.0. The number of ether oxygens (including phenoxy) is 2. The predicted octanol–water partition coefficient (Wildman–Crippen LogP) is 1.71. The molecule has 0 saturated heterocycles. The smallest absolute Gasteiger partial charge is 0.243 e. The molecule has 2 amide bonds. The summed E-state index contributed by atoms with van der Waals surface area (Å²) in [7, 11) is 1.54. The molecule has 1 heterocycles. The van der Waals surface area contributed by atoms with Crippen LogP contribution >= 0.6 is 0 Å². The second kappa shape index (κ2) is 10.3. The van der Waals surface area contributed by atoms with E-state index in [4.69, 9.17) is 15.2 Å². The van der Waals surface area contributed by atoms with E-state index in [0.717, 1.165) is 5.56 Å². The number of benzene rings is 1. The third kappa shape index (κ3) is 6.24. The average Bonchev–Trinajstić information content (AvgIpc) is 2.70. The van der Waals surface area contributed by atoms with Gasteiger partial charge in [0.1, 0.15) is 6.61 Å². The highest BCUT2D eigenvalue weighted by Gasteiger charge is 2.17. The number of nitrogens with two attached hydrogens (primary N) is 1. The van der Waals surface area contributed by atoms with E-state index < -0.39 is 6.04 Å². The number of pyridine rings is 1. The summed E-state index contributed by atoms with van der Waals surface area (Å²) in [5.41, 5.74) is 7.18. The summed E-state index contributed by atoms with van der Waals surface area (Å²) in [6.45, 7) is 3.82. The summed E-state index contributed by atoms with van der Waals surface area (Å²) in [5, 5.41) is 5.24. The molecule has 2 rings (SSSR count). The van der Waals surface area contributed by atoms with Crippen LogP contribution in [0, 0.1) is 5.92 Å². The highest BCUT2D eigenvalue weighted by atomic mass is 16.5. The second-order valence-corrected chi connectivity index (χ2v) is 6.55. The number of carbonyl (C=O) groups excluding carboxylic acids is 2. The first-order valence-corrected chi connectivity index (χ1v) is 8.93. The number of nitrogens with zero attached hydrogens (tertiary/aromatic N) is 1. The Labute approximate surface area is 164 Å². The Balaban J connectivity index is 1.96. The van der Waals surface area contributed by atoms with Crippen LogP contribution in [0.2, 0.25) is 0 Å². The first kappa shape index (κ1) is 21.2. The van der Waals surface area contributed by atoms with Crippen LogP contribution in [-0.4, -0.2) is 36.5 Å². The summed E-state index contributed by atoms with van der Waals surface area (Å²) in [6.07, 6.45) is 3.40. The van der Waals surface area contributed by atoms with Crippen molar-refractivity contribution in [1.29, 1.82) is 0 Å². The highest BCUT2D eigenvalue weighted by Crippen LogP contribution is 2.30. The Morgan fingerprint density at radius 1 is 1.21 bits per heavy atom. The fourth-order valence-corrected chi connectivity index (χ4v) is 2.31. The van der Waals surface area contributed by atoms with Gasteiger partial charge in [0.15, 0.2) is 11.5 Å². The molecule has 0 saturated carbocycles. The van der Waals surface area contributed by atoms with Gasteiger partial charge in [-0.3, -0.25) is 14.6 Å². The molecule has 4 N–H and O–H groups in total. The van der Waals surface area contributed by atoms with Crippen LogP contribution in [0.25, 0.3) is 0 Å². The van der Waals surface area contributed by atoms with Crippen molar-refractivity contribution in [3.8, 4) is 11.5 Å². The molecule has 28 heavy (non-hydrogen) atoms. The molecule has 1 aromatic heterocycles. The molecule has 0 radical (unpaired) electrons. The number of hydrogen-bond donors (Lipinski definition) is 3. The molecule has 0 aliphatic heterocycles. The number of nitrogens with one attached hydrogen (secondary N) is 2. The van der Waals surface area contributed by atoms with Gasteiger partial charge in [0.25, 0.3) is 0 Å². The molecule has 8 nitrogen and oxygen atoms in total. The third-order valence-corrected chi connectivity index (χ3v) is 4.01. The molecule has 2 aromatic rings. The van der Waals surface area contributed by atoms with Crippen LogP contribution in [0.1, 0.15) is 19.4 Å². The zero-order chi connectivity index (χ0) is 20.5. The van der Waals surface area contributed by atoms with Crippen LogP contribution in [-0.2, 0) is 16.2 Å². The van der Waals surface area contributed by atoms with Crippen molar-refractivity contribution in [2.45, 2.75) is 26.5 Å². The quantitative estimate of drug-likeness (QED) is 0.604. The van der Waals surface area contributed by atoms with E-state index in [2.05, 4.69) is 15.6 Å². The lowest BCUT2D eigenvalue weighted by atomic mass is 10.1. The van der Waals surface area contributed by atoms with Crippen molar-refractivity contribution < 1.29 is 19.1 Å². The molecule has 0 aliphatic carbocycles. The number of rotatable bonds is 9. The third-order valence-electron chi connectivity index (χ3n) is 4.01. The molecule has 0 spiro atoms. The maximum absolute atomic E-state index is 12.1. The molecule has 0 unspecified atom stereocenters. The van der Waals surface area contributed by atoms with E-state index in [1.54, 1.807) is 30.6 Å². The van der Waals surface area contributed by atoms with Crippen LogP contribution < -0.4 is 25.8 Å². The van der Waals surface area contributed by atoms with Crippen molar-refractivity contribution in [2.24, 2.45) is 11.7 Å². The van der Waals surface area contributed by atoms with Crippen LogP contribution in [0.4, 0.5) is 5.69 Å². The molecule has 1 aromatic carbocycles. The SMILES string of the molecule is COc1ccc(NC(=O)CNC(=O)[C@@H](N)C(C)C)cc1OCc1cccnc1. The summed E-state index contributed by atoms with van der Waals surface area (Å²) >= 11 is 0. The highest BCUT2D eigenvalue weighted by molar-refractivity contribution is 5.95. The molecular formula is C20H26N4O4. The van der Waals surface area contributed by atoms with Crippen LogP contribution in [0.5, 0.6) is 11.5 Å². The molecule has 1 atom stereocenters. The summed E-state index contributed by atoms with van der Waals surface area (Å²) < 4.78 is 11.1. The minimum absolute atomic E-state index is 0.0100. The van der Waals surface area contributed by atoms with Gasteiger partial charge in [0, 0.05) is 29.7 Å². The number of aromatic nitrogens is 1. The first-order valence-electron chi connectivity index (χ1n) is 8.93. The maximum Gasteiger partial charge on any atom is 0.243 e. The van der Waals surface area contributed by atoms with E-state index in [1.807, 2.05) is 26.0 Å².